The second-order valence-corrected chi connectivity index (χ2v) is 10.1. The number of hydrogen-bond acceptors (Lipinski definition) is 8. The molecule has 0 bridgehead atoms. The topological polar surface area (TPSA) is 107 Å². The van der Waals surface area contributed by atoms with Crippen molar-refractivity contribution >= 4 is 27.5 Å². The van der Waals surface area contributed by atoms with Crippen molar-refractivity contribution in [2.45, 2.75) is 49.4 Å². The van der Waals surface area contributed by atoms with Crippen LogP contribution < -0.4 is 0 Å². The maximum absolute atomic E-state index is 12.9. The van der Waals surface area contributed by atoms with Gasteiger partial charge in [0.25, 0.3) is 11.1 Å². The SMILES string of the molecule is O=C(CSc1nnc(-c2ccco2)o1)N(C1CCCC1)[C@@H]1CCS(=O)(=O)C1. The molecule has 2 aromatic rings. The van der Waals surface area contributed by atoms with Crippen molar-refractivity contribution < 1.29 is 22.0 Å². The van der Waals surface area contributed by atoms with Crippen molar-refractivity contribution in [2.75, 3.05) is 17.3 Å². The summed E-state index contributed by atoms with van der Waals surface area (Å²) in [4.78, 5) is 14.8. The van der Waals surface area contributed by atoms with Gasteiger partial charge in [-0.15, -0.1) is 10.2 Å². The van der Waals surface area contributed by atoms with E-state index in [1.807, 2.05) is 4.90 Å². The highest BCUT2D eigenvalue weighted by atomic mass is 32.2. The van der Waals surface area contributed by atoms with Gasteiger partial charge < -0.3 is 13.7 Å². The lowest BCUT2D eigenvalue weighted by Gasteiger charge is -2.34. The molecule has 1 aliphatic heterocycles. The molecule has 27 heavy (non-hydrogen) atoms. The normalized spacial score (nSPS) is 22.3. The Kier molecular flexibility index (Phi) is 5.27. The van der Waals surface area contributed by atoms with E-state index in [-0.39, 0.29) is 41.1 Å². The molecule has 3 heterocycles. The Hall–Kier alpha value is -1.81. The third-order valence-corrected chi connectivity index (χ3v) is 7.62. The number of carbonyl (C=O) groups excluding carboxylic acids is 1. The third kappa shape index (κ3) is 4.21. The van der Waals surface area contributed by atoms with Gasteiger partial charge in [0.2, 0.25) is 5.91 Å². The smallest absolute Gasteiger partial charge is 0.284 e. The molecule has 1 saturated carbocycles. The molecule has 4 rings (SSSR count). The zero-order valence-electron chi connectivity index (χ0n) is 14.7. The summed E-state index contributed by atoms with van der Waals surface area (Å²) in [6.45, 7) is 0. The molecule has 2 aliphatic rings. The zero-order chi connectivity index (χ0) is 18.9. The van der Waals surface area contributed by atoms with E-state index in [0.717, 1.165) is 25.7 Å². The van der Waals surface area contributed by atoms with Crippen LogP contribution in [0.2, 0.25) is 0 Å². The van der Waals surface area contributed by atoms with Gasteiger partial charge in [-0.1, -0.05) is 24.6 Å². The molecule has 1 saturated heterocycles. The van der Waals surface area contributed by atoms with E-state index in [1.165, 1.54) is 18.0 Å². The summed E-state index contributed by atoms with van der Waals surface area (Å²) in [6, 6.07) is 3.37. The Bertz CT molecular complexity index is 888. The van der Waals surface area contributed by atoms with Gasteiger partial charge in [0.05, 0.1) is 23.5 Å². The lowest BCUT2D eigenvalue weighted by atomic mass is 10.1. The summed E-state index contributed by atoms with van der Waals surface area (Å²) >= 11 is 1.17. The highest BCUT2D eigenvalue weighted by Crippen LogP contribution is 2.31. The van der Waals surface area contributed by atoms with Crippen molar-refractivity contribution in [1.29, 1.82) is 0 Å². The van der Waals surface area contributed by atoms with E-state index < -0.39 is 9.84 Å². The van der Waals surface area contributed by atoms with E-state index in [4.69, 9.17) is 8.83 Å². The second-order valence-electron chi connectivity index (χ2n) is 6.94. The molecule has 2 aromatic heterocycles. The molecule has 0 N–H and O–H groups in total. The largest absolute Gasteiger partial charge is 0.459 e. The molecule has 0 radical (unpaired) electrons. The molecule has 2 fully saturated rings. The summed E-state index contributed by atoms with van der Waals surface area (Å²) in [7, 11) is -3.04. The Morgan fingerprint density at radius 2 is 2.04 bits per heavy atom. The van der Waals surface area contributed by atoms with Crippen molar-refractivity contribution in [3.05, 3.63) is 18.4 Å². The minimum Gasteiger partial charge on any atom is -0.459 e. The minimum absolute atomic E-state index is 0.0632. The molecule has 0 aromatic carbocycles. The first-order valence-electron chi connectivity index (χ1n) is 9.03. The van der Waals surface area contributed by atoms with Gasteiger partial charge in [0, 0.05) is 12.1 Å². The summed E-state index contributed by atoms with van der Waals surface area (Å²) < 4.78 is 34.5. The Morgan fingerprint density at radius 3 is 2.70 bits per heavy atom. The number of rotatable bonds is 6. The van der Waals surface area contributed by atoms with Crippen LogP contribution in [0, 0.1) is 0 Å². The van der Waals surface area contributed by atoms with Crippen molar-refractivity contribution in [3.63, 3.8) is 0 Å². The number of furan rings is 1. The standard InChI is InChI=1S/C17H21N3O5S2/c21-15(10-26-17-19-18-16(25-17)14-6-3-8-24-14)20(12-4-1-2-5-12)13-7-9-27(22,23)11-13/h3,6,8,12-13H,1-2,4-5,7,9-11H2/t13-/m1/s1. The molecule has 1 atom stereocenters. The maximum Gasteiger partial charge on any atom is 0.284 e. The van der Waals surface area contributed by atoms with E-state index in [9.17, 15) is 13.2 Å². The number of nitrogens with zero attached hydrogens (tertiary/aromatic N) is 3. The quantitative estimate of drug-likeness (QED) is 0.667. The first-order chi connectivity index (χ1) is 13.0. The molecule has 10 heteroatoms. The second kappa shape index (κ2) is 7.67. The fourth-order valence-corrected chi connectivity index (χ4v) is 6.19. The molecule has 0 unspecified atom stereocenters. The predicted molar refractivity (Wildman–Crippen MR) is 98.9 cm³/mol. The van der Waals surface area contributed by atoms with Gasteiger partial charge in [-0.05, 0) is 31.4 Å². The van der Waals surface area contributed by atoms with Crippen LogP contribution in [0.5, 0.6) is 0 Å². The molecule has 1 amide bonds. The first-order valence-corrected chi connectivity index (χ1v) is 11.8. The van der Waals surface area contributed by atoms with Crippen molar-refractivity contribution in [2.24, 2.45) is 0 Å². The highest BCUT2D eigenvalue weighted by Gasteiger charge is 2.39. The van der Waals surface area contributed by atoms with E-state index in [1.54, 1.807) is 12.1 Å². The molecule has 1 aliphatic carbocycles. The Morgan fingerprint density at radius 1 is 1.22 bits per heavy atom. The summed E-state index contributed by atoms with van der Waals surface area (Å²) in [6.07, 6.45) is 6.09. The average molecular weight is 412 g/mol. The zero-order valence-corrected chi connectivity index (χ0v) is 16.4. The molecule has 0 spiro atoms. The predicted octanol–water partition coefficient (Wildman–Crippen LogP) is 2.38. The van der Waals surface area contributed by atoms with Crippen LogP contribution in [-0.2, 0) is 14.6 Å². The van der Waals surface area contributed by atoms with Gasteiger partial charge in [-0.25, -0.2) is 8.42 Å². The molecule has 146 valence electrons. The van der Waals surface area contributed by atoms with Crippen LogP contribution >= 0.6 is 11.8 Å². The van der Waals surface area contributed by atoms with Crippen LogP contribution in [0.15, 0.2) is 32.5 Å². The van der Waals surface area contributed by atoms with Crippen molar-refractivity contribution in [3.8, 4) is 11.7 Å². The van der Waals surface area contributed by atoms with Gasteiger partial charge in [-0.3, -0.25) is 4.79 Å². The van der Waals surface area contributed by atoms with Gasteiger partial charge in [0.15, 0.2) is 15.6 Å². The molecule has 8 nitrogen and oxygen atoms in total. The third-order valence-electron chi connectivity index (χ3n) is 5.07. The lowest BCUT2D eigenvalue weighted by Crippen LogP contribution is -2.47. The monoisotopic (exact) mass is 411 g/mol. The fourth-order valence-electron chi connectivity index (χ4n) is 3.85. The van der Waals surface area contributed by atoms with Crippen LogP contribution in [0.3, 0.4) is 0 Å². The van der Waals surface area contributed by atoms with Crippen LogP contribution in [0.4, 0.5) is 0 Å². The number of hydrogen-bond donors (Lipinski definition) is 0. The van der Waals surface area contributed by atoms with Crippen LogP contribution in [-0.4, -0.2) is 58.8 Å². The fraction of sp³-hybridized carbons (Fsp3) is 0.588. The van der Waals surface area contributed by atoms with Crippen LogP contribution in [0.25, 0.3) is 11.7 Å². The lowest BCUT2D eigenvalue weighted by molar-refractivity contribution is -0.132. The highest BCUT2D eigenvalue weighted by molar-refractivity contribution is 7.99. The number of carbonyl (C=O) groups is 1. The van der Waals surface area contributed by atoms with Gasteiger partial charge in [0.1, 0.15) is 0 Å². The summed E-state index contributed by atoms with van der Waals surface area (Å²) in [5, 5.41) is 8.15. The van der Waals surface area contributed by atoms with E-state index >= 15 is 0 Å². The van der Waals surface area contributed by atoms with Gasteiger partial charge >= 0.3 is 0 Å². The maximum atomic E-state index is 12.9. The number of amides is 1. The Balaban J connectivity index is 1.42. The number of aromatic nitrogens is 2. The minimum atomic E-state index is -3.04. The van der Waals surface area contributed by atoms with E-state index in [2.05, 4.69) is 10.2 Å². The molecular formula is C17H21N3O5S2. The van der Waals surface area contributed by atoms with Gasteiger partial charge in [-0.2, -0.15) is 0 Å². The molecular weight excluding hydrogens is 390 g/mol. The van der Waals surface area contributed by atoms with Crippen molar-refractivity contribution in [1.82, 2.24) is 15.1 Å². The summed E-state index contributed by atoms with van der Waals surface area (Å²) in [5.41, 5.74) is 0. The first kappa shape index (κ1) is 18.5. The van der Waals surface area contributed by atoms with Crippen LogP contribution in [0.1, 0.15) is 32.1 Å². The average Bonchev–Trinajstić information content (AvgIpc) is 3.41. The Labute approximate surface area is 161 Å². The number of sulfone groups is 1. The summed E-state index contributed by atoms with van der Waals surface area (Å²) in [5.74, 6) is 1.06. The number of thioether (sulfide) groups is 1. The van der Waals surface area contributed by atoms with E-state index in [0.29, 0.717) is 17.4 Å².